The van der Waals surface area contributed by atoms with E-state index in [1.54, 1.807) is 0 Å². The number of anilines is 2. The topological polar surface area (TPSA) is 31.4 Å². The van der Waals surface area contributed by atoms with Crippen LogP contribution >= 0.6 is 0 Å². The Morgan fingerprint density at radius 2 is 2.20 bits per heavy atom. The van der Waals surface area contributed by atoms with Crippen molar-refractivity contribution in [1.29, 1.82) is 0 Å². The van der Waals surface area contributed by atoms with Gasteiger partial charge in [0.2, 0.25) is 0 Å². The summed E-state index contributed by atoms with van der Waals surface area (Å²) >= 11 is 0. The summed E-state index contributed by atoms with van der Waals surface area (Å²) in [5, 5.41) is 3.43. The minimum absolute atomic E-state index is 0.754. The molecule has 4 nitrogen and oxygen atoms in total. The Hall–Kier alpha value is -1.29. The molecule has 20 heavy (non-hydrogen) atoms. The largest absolute Gasteiger partial charge is 0.384 e. The summed E-state index contributed by atoms with van der Waals surface area (Å²) in [6.45, 7) is 8.01. The molecule has 2 saturated heterocycles. The molecule has 0 radical (unpaired) electrons. The van der Waals surface area contributed by atoms with Crippen LogP contribution in [-0.4, -0.2) is 48.6 Å². The van der Waals surface area contributed by atoms with E-state index in [2.05, 4.69) is 33.1 Å². The van der Waals surface area contributed by atoms with Crippen molar-refractivity contribution < 1.29 is 0 Å². The zero-order chi connectivity index (χ0) is 13.8. The van der Waals surface area contributed by atoms with E-state index in [1.165, 1.54) is 44.6 Å². The maximum Gasteiger partial charge on any atom is 0.0574 e. The number of fused-ring (bicyclic) bond motifs is 1. The highest BCUT2D eigenvalue weighted by atomic mass is 15.3. The molecule has 3 rings (SSSR count). The lowest BCUT2D eigenvalue weighted by Crippen LogP contribution is -2.54. The van der Waals surface area contributed by atoms with E-state index in [4.69, 9.17) is 0 Å². The quantitative estimate of drug-likeness (QED) is 0.914. The number of hydrogen-bond donors (Lipinski definition) is 1. The zero-order valence-corrected chi connectivity index (χ0v) is 12.5. The predicted molar refractivity (Wildman–Crippen MR) is 84.4 cm³/mol. The lowest BCUT2D eigenvalue weighted by Gasteiger charge is -2.44. The summed E-state index contributed by atoms with van der Waals surface area (Å²) < 4.78 is 0. The lowest BCUT2D eigenvalue weighted by molar-refractivity contribution is 0.133. The normalized spacial score (nSPS) is 23.4. The minimum Gasteiger partial charge on any atom is -0.384 e. The number of nitrogens with one attached hydrogen (secondary N) is 1. The lowest BCUT2D eigenvalue weighted by atomic mass is 9.99. The molecular weight excluding hydrogens is 248 g/mol. The Morgan fingerprint density at radius 3 is 3.10 bits per heavy atom. The van der Waals surface area contributed by atoms with Crippen LogP contribution in [0.4, 0.5) is 11.4 Å². The van der Waals surface area contributed by atoms with Crippen molar-refractivity contribution >= 4 is 11.4 Å². The summed E-state index contributed by atoms with van der Waals surface area (Å²) in [6, 6.07) is 3.01. The van der Waals surface area contributed by atoms with Gasteiger partial charge in [-0.25, -0.2) is 0 Å². The van der Waals surface area contributed by atoms with E-state index in [1.807, 2.05) is 12.4 Å². The summed E-state index contributed by atoms with van der Waals surface area (Å²) in [5.41, 5.74) is 2.42. The Kier molecular flexibility index (Phi) is 4.41. The molecule has 0 aromatic carbocycles. The van der Waals surface area contributed by atoms with Gasteiger partial charge in [0.1, 0.15) is 0 Å². The third kappa shape index (κ3) is 3.06. The fourth-order valence-electron chi connectivity index (χ4n) is 3.36. The molecule has 1 aromatic rings. The summed E-state index contributed by atoms with van der Waals surface area (Å²) in [6.07, 6.45) is 9.22. The van der Waals surface area contributed by atoms with Crippen LogP contribution in [0.1, 0.15) is 32.6 Å². The zero-order valence-electron chi connectivity index (χ0n) is 12.5. The van der Waals surface area contributed by atoms with Gasteiger partial charge in [-0.3, -0.25) is 9.88 Å². The molecule has 0 amide bonds. The Labute approximate surface area is 122 Å². The Bertz CT molecular complexity index is 434. The molecule has 110 valence electrons. The van der Waals surface area contributed by atoms with Crippen molar-refractivity contribution in [3.8, 4) is 0 Å². The highest BCUT2D eigenvalue weighted by Gasteiger charge is 2.28. The first-order valence-corrected chi connectivity index (χ1v) is 8.04. The first-order chi connectivity index (χ1) is 9.86. The molecule has 1 unspecified atom stereocenters. The molecule has 0 spiro atoms. The van der Waals surface area contributed by atoms with E-state index in [0.717, 1.165) is 31.2 Å². The van der Waals surface area contributed by atoms with Crippen LogP contribution in [0.15, 0.2) is 18.5 Å². The van der Waals surface area contributed by atoms with Gasteiger partial charge in [0.15, 0.2) is 0 Å². The van der Waals surface area contributed by atoms with Crippen molar-refractivity contribution in [2.24, 2.45) is 0 Å². The van der Waals surface area contributed by atoms with Crippen molar-refractivity contribution in [2.45, 2.75) is 38.6 Å². The van der Waals surface area contributed by atoms with Crippen molar-refractivity contribution in [2.75, 3.05) is 42.9 Å². The van der Waals surface area contributed by atoms with Gasteiger partial charge in [0.05, 0.1) is 23.8 Å². The van der Waals surface area contributed by atoms with Gasteiger partial charge in [0, 0.05) is 32.2 Å². The van der Waals surface area contributed by atoms with Crippen molar-refractivity contribution in [1.82, 2.24) is 9.88 Å². The van der Waals surface area contributed by atoms with Crippen LogP contribution in [0.3, 0.4) is 0 Å². The predicted octanol–water partition coefficient (Wildman–Crippen LogP) is 2.58. The number of piperidine rings is 1. The summed E-state index contributed by atoms with van der Waals surface area (Å²) in [4.78, 5) is 9.58. The van der Waals surface area contributed by atoms with Gasteiger partial charge < -0.3 is 10.2 Å². The maximum absolute atomic E-state index is 4.40. The maximum atomic E-state index is 4.40. The van der Waals surface area contributed by atoms with Gasteiger partial charge >= 0.3 is 0 Å². The fourth-order valence-corrected chi connectivity index (χ4v) is 3.36. The van der Waals surface area contributed by atoms with E-state index in [-0.39, 0.29) is 0 Å². The van der Waals surface area contributed by atoms with Crippen LogP contribution in [-0.2, 0) is 0 Å². The van der Waals surface area contributed by atoms with E-state index in [0.29, 0.717) is 0 Å². The molecule has 1 aromatic heterocycles. The standard InChI is InChI=1S/C16H26N4/c1-2-6-18-14-10-16(12-17-11-14)20-9-8-19-7-4-3-5-15(19)13-20/h10-12,15,18H,2-9,13H2,1H3. The molecule has 1 atom stereocenters. The van der Waals surface area contributed by atoms with Crippen LogP contribution in [0.25, 0.3) is 0 Å². The molecule has 0 bridgehead atoms. The minimum atomic E-state index is 0.754. The number of piperazine rings is 1. The second kappa shape index (κ2) is 6.44. The smallest absolute Gasteiger partial charge is 0.0574 e. The molecule has 1 N–H and O–H groups in total. The van der Waals surface area contributed by atoms with Crippen LogP contribution in [0, 0.1) is 0 Å². The van der Waals surface area contributed by atoms with Gasteiger partial charge in [-0.2, -0.15) is 0 Å². The Balaban J connectivity index is 1.66. The van der Waals surface area contributed by atoms with Crippen molar-refractivity contribution in [3.63, 3.8) is 0 Å². The van der Waals surface area contributed by atoms with E-state index in [9.17, 15) is 0 Å². The number of nitrogens with zero attached hydrogens (tertiary/aromatic N) is 3. The van der Waals surface area contributed by atoms with E-state index >= 15 is 0 Å². The number of pyridine rings is 1. The molecular formula is C16H26N4. The van der Waals surface area contributed by atoms with E-state index < -0.39 is 0 Å². The van der Waals surface area contributed by atoms with Gasteiger partial charge in [-0.05, 0) is 31.9 Å². The number of hydrogen-bond acceptors (Lipinski definition) is 4. The summed E-state index contributed by atoms with van der Waals surface area (Å²) in [5.74, 6) is 0. The summed E-state index contributed by atoms with van der Waals surface area (Å²) in [7, 11) is 0. The second-order valence-electron chi connectivity index (χ2n) is 5.99. The second-order valence-corrected chi connectivity index (χ2v) is 5.99. The van der Waals surface area contributed by atoms with Crippen LogP contribution in [0.2, 0.25) is 0 Å². The SMILES string of the molecule is CCCNc1cncc(N2CCN3CCCCC3C2)c1. The molecule has 2 fully saturated rings. The average Bonchev–Trinajstić information content (AvgIpc) is 2.53. The van der Waals surface area contributed by atoms with Gasteiger partial charge in [-0.1, -0.05) is 13.3 Å². The monoisotopic (exact) mass is 274 g/mol. The fraction of sp³-hybridized carbons (Fsp3) is 0.688. The molecule has 2 aliphatic rings. The molecule has 2 aliphatic heterocycles. The van der Waals surface area contributed by atoms with Gasteiger partial charge in [0.25, 0.3) is 0 Å². The highest BCUT2D eigenvalue weighted by Crippen LogP contribution is 2.25. The number of aromatic nitrogens is 1. The molecule has 0 aliphatic carbocycles. The highest BCUT2D eigenvalue weighted by molar-refractivity contribution is 5.56. The van der Waals surface area contributed by atoms with Crippen LogP contribution in [0.5, 0.6) is 0 Å². The molecule has 0 saturated carbocycles. The first-order valence-electron chi connectivity index (χ1n) is 8.04. The molecule has 3 heterocycles. The Morgan fingerprint density at radius 1 is 1.25 bits per heavy atom. The van der Waals surface area contributed by atoms with Gasteiger partial charge in [-0.15, -0.1) is 0 Å². The van der Waals surface area contributed by atoms with Crippen molar-refractivity contribution in [3.05, 3.63) is 18.5 Å². The third-order valence-electron chi connectivity index (χ3n) is 4.51. The third-order valence-corrected chi connectivity index (χ3v) is 4.51. The molecule has 4 heteroatoms. The first kappa shape index (κ1) is 13.7. The number of rotatable bonds is 4. The van der Waals surface area contributed by atoms with Crippen LogP contribution < -0.4 is 10.2 Å². The average molecular weight is 274 g/mol.